The van der Waals surface area contributed by atoms with Gasteiger partial charge < -0.3 is 16.5 Å². The number of hydrogen-bond donors (Lipinski definition) is 3. The summed E-state index contributed by atoms with van der Waals surface area (Å²) in [6, 6.07) is 17.1. The first kappa shape index (κ1) is 29.6. The SMILES string of the molecule is C=C(CC1C=C(c2ccc(C)cc2)c2ccccc2/C(=C(\C)N)C1=N)NC1C=CC(C)=CC1.CC.CC. The molecule has 2 aromatic rings. The van der Waals surface area contributed by atoms with Crippen molar-refractivity contribution in [2.75, 3.05) is 0 Å². The predicted octanol–water partition coefficient (Wildman–Crippen LogP) is 8.59. The van der Waals surface area contributed by atoms with Gasteiger partial charge in [-0.3, -0.25) is 0 Å². The molecule has 196 valence electrons. The number of nitrogens with one attached hydrogen (secondary N) is 2. The highest BCUT2D eigenvalue weighted by Crippen LogP contribution is 2.38. The van der Waals surface area contributed by atoms with Gasteiger partial charge in [-0.05, 0) is 55.9 Å². The zero-order valence-electron chi connectivity index (χ0n) is 23.8. The van der Waals surface area contributed by atoms with Crippen LogP contribution in [0.1, 0.15) is 76.6 Å². The third kappa shape index (κ3) is 7.45. The van der Waals surface area contributed by atoms with E-state index in [4.69, 9.17) is 11.1 Å². The Labute approximate surface area is 225 Å². The first-order valence-corrected chi connectivity index (χ1v) is 13.6. The Morgan fingerprint density at radius 2 is 1.62 bits per heavy atom. The van der Waals surface area contributed by atoms with Gasteiger partial charge in [0.05, 0.1) is 0 Å². The molecule has 0 aliphatic heterocycles. The molecule has 4 N–H and O–H groups in total. The van der Waals surface area contributed by atoms with E-state index < -0.39 is 0 Å². The second-order valence-electron chi connectivity index (χ2n) is 9.17. The van der Waals surface area contributed by atoms with Gasteiger partial charge in [-0.15, -0.1) is 0 Å². The summed E-state index contributed by atoms with van der Waals surface area (Å²) in [5.74, 6) is -0.132. The number of fused-ring (bicyclic) bond motifs is 1. The second kappa shape index (κ2) is 14.2. The average molecular weight is 496 g/mol. The lowest BCUT2D eigenvalue weighted by Gasteiger charge is -2.23. The van der Waals surface area contributed by atoms with Gasteiger partial charge in [-0.25, -0.2) is 0 Å². The van der Waals surface area contributed by atoms with E-state index in [2.05, 4.69) is 92.5 Å². The maximum atomic E-state index is 9.16. The molecule has 3 nitrogen and oxygen atoms in total. The molecule has 0 heterocycles. The van der Waals surface area contributed by atoms with Gasteiger partial charge in [0.2, 0.25) is 0 Å². The molecule has 2 atom stereocenters. The molecule has 0 amide bonds. The number of nitrogens with two attached hydrogens (primary N) is 1. The Morgan fingerprint density at radius 1 is 1.00 bits per heavy atom. The first-order chi connectivity index (χ1) is 17.8. The normalized spacial score (nSPS) is 19.5. The van der Waals surface area contributed by atoms with Crippen LogP contribution < -0.4 is 11.1 Å². The molecule has 0 bridgehead atoms. The maximum absolute atomic E-state index is 9.16. The van der Waals surface area contributed by atoms with Crippen LogP contribution in [0.3, 0.4) is 0 Å². The lowest BCUT2D eigenvalue weighted by molar-refractivity contribution is 0.631. The molecule has 0 aromatic heterocycles. The summed E-state index contributed by atoms with van der Waals surface area (Å²) < 4.78 is 0. The Kier molecular flexibility index (Phi) is 11.4. The molecule has 2 aromatic carbocycles. The molecule has 4 rings (SSSR count). The van der Waals surface area contributed by atoms with Crippen molar-refractivity contribution in [2.24, 2.45) is 11.7 Å². The highest BCUT2D eigenvalue weighted by Gasteiger charge is 2.27. The van der Waals surface area contributed by atoms with Crippen molar-refractivity contribution in [3.63, 3.8) is 0 Å². The number of benzene rings is 2. The third-order valence-electron chi connectivity index (χ3n) is 6.39. The van der Waals surface area contributed by atoms with Crippen LogP contribution in [0.2, 0.25) is 0 Å². The van der Waals surface area contributed by atoms with Gasteiger partial charge in [0, 0.05) is 34.6 Å². The fourth-order valence-corrected chi connectivity index (χ4v) is 4.63. The van der Waals surface area contributed by atoms with E-state index in [9.17, 15) is 0 Å². The minimum atomic E-state index is -0.132. The van der Waals surface area contributed by atoms with E-state index in [0.717, 1.165) is 40.0 Å². The fraction of sp³-hybridized carbons (Fsp3) is 0.324. The fourth-order valence-electron chi connectivity index (χ4n) is 4.63. The van der Waals surface area contributed by atoms with Gasteiger partial charge in [0.1, 0.15) is 0 Å². The molecule has 2 unspecified atom stereocenters. The topological polar surface area (TPSA) is 61.9 Å². The van der Waals surface area contributed by atoms with E-state index in [-0.39, 0.29) is 12.0 Å². The number of rotatable bonds is 5. The molecule has 0 spiro atoms. The first-order valence-electron chi connectivity index (χ1n) is 13.6. The smallest absolute Gasteiger partial charge is 0.0482 e. The van der Waals surface area contributed by atoms with Crippen molar-refractivity contribution in [2.45, 2.75) is 67.3 Å². The maximum Gasteiger partial charge on any atom is 0.0482 e. The Balaban J connectivity index is 0.00000115. The molecule has 2 aliphatic carbocycles. The van der Waals surface area contributed by atoms with Crippen LogP contribution >= 0.6 is 0 Å². The molecule has 0 saturated heterocycles. The quantitative estimate of drug-likeness (QED) is 0.389. The van der Waals surface area contributed by atoms with Crippen LogP contribution in [0.15, 0.2) is 96.4 Å². The van der Waals surface area contributed by atoms with Crippen molar-refractivity contribution in [1.29, 1.82) is 5.41 Å². The average Bonchev–Trinajstić information content (AvgIpc) is 3.02. The Bertz CT molecular complexity index is 1200. The summed E-state index contributed by atoms with van der Waals surface area (Å²) in [5, 5.41) is 12.7. The van der Waals surface area contributed by atoms with Crippen LogP contribution in [0, 0.1) is 18.3 Å². The van der Waals surface area contributed by atoms with Crippen LogP contribution in [-0.2, 0) is 0 Å². The van der Waals surface area contributed by atoms with Crippen molar-refractivity contribution in [3.8, 4) is 0 Å². The van der Waals surface area contributed by atoms with Crippen molar-refractivity contribution in [3.05, 3.63) is 119 Å². The number of allylic oxidation sites excluding steroid dienone is 6. The standard InChI is InChI=1S/C30H33N3.2C2H6/c1-19-9-13-23(14-10-19)28-18-24(17-21(3)33-25-15-11-20(2)12-16-25)30(32)29(22(4)31)27-8-6-5-7-26(27)28;2*1-2/h5-15,18,24-25,32-33H,3,16-17,31H2,1-2,4H3;2*1-2H3/b29-22-,32-30?;;. The molecule has 2 aliphatic rings. The number of aryl methyl sites for hydroxylation is 1. The highest BCUT2D eigenvalue weighted by atomic mass is 14.9. The molecule has 0 saturated carbocycles. The van der Waals surface area contributed by atoms with Gasteiger partial charge >= 0.3 is 0 Å². The van der Waals surface area contributed by atoms with Crippen molar-refractivity contribution < 1.29 is 0 Å². The summed E-state index contributed by atoms with van der Waals surface area (Å²) in [7, 11) is 0. The Hall–Kier alpha value is -3.59. The molecular weight excluding hydrogens is 450 g/mol. The largest absolute Gasteiger partial charge is 0.402 e. The summed E-state index contributed by atoms with van der Waals surface area (Å²) in [5.41, 5.74) is 16.3. The van der Waals surface area contributed by atoms with Gasteiger partial charge in [-0.2, -0.15) is 0 Å². The monoisotopic (exact) mass is 495 g/mol. The molecule has 0 radical (unpaired) electrons. The number of hydrogen-bond acceptors (Lipinski definition) is 3. The molecular formula is C34H45N3. The lowest BCUT2D eigenvalue weighted by atomic mass is 9.89. The van der Waals surface area contributed by atoms with Crippen LogP contribution in [-0.4, -0.2) is 11.8 Å². The summed E-state index contributed by atoms with van der Waals surface area (Å²) >= 11 is 0. The van der Waals surface area contributed by atoms with Crippen LogP contribution in [0.4, 0.5) is 0 Å². The van der Waals surface area contributed by atoms with Crippen molar-refractivity contribution in [1.82, 2.24) is 5.32 Å². The predicted molar refractivity (Wildman–Crippen MR) is 164 cm³/mol. The summed E-state index contributed by atoms with van der Waals surface area (Å²) in [6.45, 7) is 18.4. The van der Waals surface area contributed by atoms with E-state index in [1.807, 2.05) is 40.7 Å². The van der Waals surface area contributed by atoms with Crippen LogP contribution in [0.5, 0.6) is 0 Å². The van der Waals surface area contributed by atoms with Crippen LogP contribution in [0.25, 0.3) is 11.1 Å². The van der Waals surface area contributed by atoms with E-state index >= 15 is 0 Å². The molecule has 3 heteroatoms. The van der Waals surface area contributed by atoms with E-state index in [1.54, 1.807) is 0 Å². The summed E-state index contributed by atoms with van der Waals surface area (Å²) in [4.78, 5) is 0. The molecule has 0 fully saturated rings. The van der Waals surface area contributed by atoms with Gasteiger partial charge in [0.25, 0.3) is 0 Å². The highest BCUT2D eigenvalue weighted by molar-refractivity contribution is 6.27. The zero-order valence-corrected chi connectivity index (χ0v) is 23.8. The lowest BCUT2D eigenvalue weighted by Crippen LogP contribution is -2.28. The molecule has 37 heavy (non-hydrogen) atoms. The zero-order chi connectivity index (χ0) is 27.5. The van der Waals surface area contributed by atoms with Gasteiger partial charge in [0.15, 0.2) is 0 Å². The van der Waals surface area contributed by atoms with Gasteiger partial charge in [-0.1, -0.05) is 118 Å². The Morgan fingerprint density at radius 3 is 2.19 bits per heavy atom. The minimum absolute atomic E-state index is 0.132. The summed E-state index contributed by atoms with van der Waals surface area (Å²) in [6.07, 6.45) is 10.4. The van der Waals surface area contributed by atoms with Crippen molar-refractivity contribution >= 4 is 16.9 Å². The minimum Gasteiger partial charge on any atom is -0.402 e. The van der Waals surface area contributed by atoms with E-state index in [1.165, 1.54) is 11.1 Å². The second-order valence-corrected chi connectivity index (χ2v) is 9.17. The van der Waals surface area contributed by atoms with E-state index in [0.29, 0.717) is 17.8 Å². The third-order valence-corrected chi connectivity index (χ3v) is 6.39.